The van der Waals surface area contributed by atoms with E-state index in [4.69, 9.17) is 0 Å². The molecule has 8 nitrogen and oxygen atoms in total. The monoisotopic (exact) mass is 329 g/mol. The summed E-state index contributed by atoms with van der Waals surface area (Å²) in [5.74, 6) is -0.804. The lowest BCUT2D eigenvalue weighted by atomic mass is 10.1. The van der Waals surface area contributed by atoms with E-state index in [1.165, 1.54) is 17.8 Å². The van der Waals surface area contributed by atoms with E-state index in [0.29, 0.717) is 5.69 Å². The first-order valence-corrected chi connectivity index (χ1v) is 7.79. The molecule has 1 heterocycles. The molecular formula is C13H19N3O5S. The number of carbonyl (C=O) groups is 1. The third-order valence-corrected chi connectivity index (χ3v) is 4.28. The highest BCUT2D eigenvalue weighted by atomic mass is 32.2. The molecule has 2 N–H and O–H groups in total. The molecule has 22 heavy (non-hydrogen) atoms. The number of nitrogens with zero attached hydrogens (tertiary/aromatic N) is 2. The second kappa shape index (κ2) is 7.95. The van der Waals surface area contributed by atoms with Crippen LogP contribution in [0.4, 0.5) is 11.5 Å². The van der Waals surface area contributed by atoms with Crippen molar-refractivity contribution in [1.29, 1.82) is 0 Å². The van der Waals surface area contributed by atoms with Gasteiger partial charge in [0.05, 0.1) is 18.6 Å². The molecule has 2 atom stereocenters. The van der Waals surface area contributed by atoms with Crippen LogP contribution in [-0.2, 0) is 4.74 Å². The Labute approximate surface area is 132 Å². The van der Waals surface area contributed by atoms with Crippen molar-refractivity contribution in [1.82, 2.24) is 4.98 Å². The van der Waals surface area contributed by atoms with E-state index >= 15 is 0 Å². The molecule has 1 aromatic heterocycles. The predicted octanol–water partition coefficient (Wildman–Crippen LogP) is 1.61. The van der Waals surface area contributed by atoms with E-state index in [0.717, 1.165) is 7.11 Å². The minimum Gasteiger partial charge on any atom is -0.465 e. The Balaban J connectivity index is 3.31. The standard InChI is InChI=1S/C13H19N3O5S/c1-7-5-9(13(18)21-3)11(16(19)20)12(14-7)15-8(2)10(6-17)22-4/h5,8,10,17H,6H2,1-4H3,(H,14,15)/t8-,10+/m1/s1. The lowest BCUT2D eigenvalue weighted by molar-refractivity contribution is -0.384. The van der Waals surface area contributed by atoms with Gasteiger partial charge in [-0.3, -0.25) is 10.1 Å². The third-order valence-electron chi connectivity index (χ3n) is 3.11. The Morgan fingerprint density at radius 2 is 2.27 bits per heavy atom. The number of hydrogen-bond acceptors (Lipinski definition) is 8. The fraction of sp³-hybridized carbons (Fsp3) is 0.538. The number of thioether (sulfide) groups is 1. The Morgan fingerprint density at radius 3 is 2.73 bits per heavy atom. The number of rotatable bonds is 7. The molecule has 0 aliphatic carbocycles. The number of ether oxygens (including phenoxy) is 1. The van der Waals surface area contributed by atoms with Crippen LogP contribution in [0.15, 0.2) is 6.07 Å². The highest BCUT2D eigenvalue weighted by Gasteiger charge is 2.29. The minimum absolute atomic E-state index is 0.00889. The molecule has 0 radical (unpaired) electrons. The Morgan fingerprint density at radius 1 is 1.64 bits per heavy atom. The number of esters is 1. The van der Waals surface area contributed by atoms with E-state index in [1.54, 1.807) is 13.8 Å². The molecule has 0 aliphatic rings. The molecule has 1 aromatic rings. The molecule has 0 aliphatic heterocycles. The maximum atomic E-state index is 11.7. The summed E-state index contributed by atoms with van der Waals surface area (Å²) < 4.78 is 4.59. The molecule has 0 spiro atoms. The quantitative estimate of drug-likeness (QED) is 0.440. The average molecular weight is 329 g/mol. The summed E-state index contributed by atoms with van der Waals surface area (Å²) in [6.07, 6.45) is 1.83. The first kappa shape index (κ1) is 18.2. The van der Waals surface area contributed by atoms with Crippen molar-refractivity contribution in [2.24, 2.45) is 0 Å². The Bertz CT molecular complexity index is 563. The molecule has 0 bridgehead atoms. The molecule has 122 valence electrons. The van der Waals surface area contributed by atoms with Gasteiger partial charge in [0.25, 0.3) is 0 Å². The predicted molar refractivity (Wildman–Crippen MR) is 84.4 cm³/mol. The molecule has 0 saturated heterocycles. The number of methoxy groups -OCH3 is 1. The highest BCUT2D eigenvalue weighted by Crippen LogP contribution is 2.29. The minimum atomic E-state index is -0.795. The van der Waals surface area contributed by atoms with E-state index in [-0.39, 0.29) is 29.3 Å². The van der Waals surface area contributed by atoms with Crippen molar-refractivity contribution >= 4 is 29.2 Å². The molecule has 1 rings (SSSR count). The van der Waals surface area contributed by atoms with E-state index in [2.05, 4.69) is 15.0 Å². The van der Waals surface area contributed by atoms with Crippen molar-refractivity contribution in [2.45, 2.75) is 25.1 Å². The SMILES string of the molecule is COC(=O)c1cc(C)nc(N[C@H](C)[C@H](CO)SC)c1[N+](=O)[O-]. The van der Waals surface area contributed by atoms with Gasteiger partial charge in [0.2, 0.25) is 5.82 Å². The Kier molecular flexibility index (Phi) is 6.57. The number of nitrogens with one attached hydrogen (secondary N) is 1. The summed E-state index contributed by atoms with van der Waals surface area (Å²) >= 11 is 1.43. The Hall–Kier alpha value is -1.87. The van der Waals surface area contributed by atoms with Crippen LogP contribution in [0.25, 0.3) is 0 Å². The number of hydrogen-bond donors (Lipinski definition) is 2. The van der Waals surface area contributed by atoms with E-state index in [1.807, 2.05) is 6.26 Å². The van der Waals surface area contributed by atoms with Crippen LogP contribution < -0.4 is 5.32 Å². The van der Waals surface area contributed by atoms with Crippen LogP contribution in [0.3, 0.4) is 0 Å². The van der Waals surface area contributed by atoms with E-state index < -0.39 is 16.6 Å². The number of pyridine rings is 1. The smallest absolute Gasteiger partial charge is 0.345 e. The average Bonchev–Trinajstić information content (AvgIpc) is 2.46. The van der Waals surface area contributed by atoms with Gasteiger partial charge in [0, 0.05) is 17.0 Å². The summed E-state index contributed by atoms with van der Waals surface area (Å²) in [4.78, 5) is 26.5. The second-order valence-corrected chi connectivity index (χ2v) is 5.72. The van der Waals surface area contributed by atoms with Crippen LogP contribution in [0.1, 0.15) is 23.0 Å². The molecule has 0 fully saturated rings. The van der Waals surface area contributed by atoms with Crippen molar-refractivity contribution in [3.8, 4) is 0 Å². The fourth-order valence-electron chi connectivity index (χ4n) is 1.96. The zero-order chi connectivity index (χ0) is 16.9. The van der Waals surface area contributed by atoms with Gasteiger partial charge in [-0.05, 0) is 26.2 Å². The zero-order valence-electron chi connectivity index (χ0n) is 12.8. The summed E-state index contributed by atoms with van der Waals surface area (Å²) in [5.41, 5.74) is -0.133. The van der Waals surface area contributed by atoms with Crippen LogP contribution in [0.5, 0.6) is 0 Å². The lowest BCUT2D eigenvalue weighted by Crippen LogP contribution is -2.31. The number of aliphatic hydroxyl groups excluding tert-OH is 1. The number of carbonyl (C=O) groups excluding carboxylic acids is 1. The molecule has 9 heteroatoms. The summed E-state index contributed by atoms with van der Waals surface area (Å²) in [6.45, 7) is 3.33. The van der Waals surface area contributed by atoms with E-state index in [9.17, 15) is 20.0 Å². The summed E-state index contributed by atoms with van der Waals surface area (Å²) in [5, 5.41) is 23.4. The van der Waals surface area contributed by atoms with Gasteiger partial charge in [-0.15, -0.1) is 0 Å². The van der Waals surface area contributed by atoms with Gasteiger partial charge in [0.1, 0.15) is 5.56 Å². The number of nitro groups is 1. The third kappa shape index (κ3) is 4.08. The van der Waals surface area contributed by atoms with Crippen LogP contribution >= 0.6 is 11.8 Å². The first-order chi connectivity index (χ1) is 10.3. The van der Waals surface area contributed by atoms with Crippen LogP contribution in [0.2, 0.25) is 0 Å². The number of aromatic nitrogens is 1. The van der Waals surface area contributed by atoms with Gasteiger partial charge < -0.3 is 15.2 Å². The largest absolute Gasteiger partial charge is 0.465 e. The second-order valence-electron chi connectivity index (χ2n) is 4.65. The van der Waals surface area contributed by atoms with Gasteiger partial charge in [-0.2, -0.15) is 11.8 Å². The first-order valence-electron chi connectivity index (χ1n) is 6.50. The number of anilines is 1. The fourth-order valence-corrected chi connectivity index (χ4v) is 2.59. The highest BCUT2D eigenvalue weighted by molar-refractivity contribution is 7.99. The van der Waals surface area contributed by atoms with Gasteiger partial charge >= 0.3 is 11.7 Å². The van der Waals surface area contributed by atoms with Gasteiger partial charge in [0.15, 0.2) is 0 Å². The summed E-state index contributed by atoms with van der Waals surface area (Å²) in [7, 11) is 1.16. The molecule has 0 amide bonds. The molecule has 0 aromatic carbocycles. The van der Waals surface area contributed by atoms with Gasteiger partial charge in [-0.25, -0.2) is 9.78 Å². The van der Waals surface area contributed by atoms with Crippen molar-refractivity contribution < 1.29 is 19.6 Å². The molecular weight excluding hydrogens is 310 g/mol. The van der Waals surface area contributed by atoms with Crippen molar-refractivity contribution in [3.05, 3.63) is 27.4 Å². The van der Waals surface area contributed by atoms with Crippen molar-refractivity contribution in [3.63, 3.8) is 0 Å². The maximum absolute atomic E-state index is 11.7. The zero-order valence-corrected chi connectivity index (χ0v) is 13.6. The van der Waals surface area contributed by atoms with Crippen LogP contribution in [-0.4, -0.2) is 52.2 Å². The number of aliphatic hydroxyl groups is 1. The van der Waals surface area contributed by atoms with Crippen molar-refractivity contribution in [2.75, 3.05) is 25.3 Å². The topological polar surface area (TPSA) is 115 Å². The lowest BCUT2D eigenvalue weighted by Gasteiger charge is -2.22. The summed E-state index contributed by atoms with van der Waals surface area (Å²) in [6, 6.07) is 1.04. The van der Waals surface area contributed by atoms with Gasteiger partial charge in [-0.1, -0.05) is 0 Å². The van der Waals surface area contributed by atoms with Crippen LogP contribution in [0, 0.1) is 17.0 Å². The normalized spacial score (nSPS) is 13.3. The molecule has 0 saturated carbocycles. The number of aryl methyl sites for hydroxylation is 1. The molecule has 0 unspecified atom stereocenters. The maximum Gasteiger partial charge on any atom is 0.345 e.